The maximum atomic E-state index is 11.9. The lowest BCUT2D eigenvalue weighted by atomic mass is 10.1. The molecule has 3 N–H and O–H groups in total. The molecule has 0 radical (unpaired) electrons. The summed E-state index contributed by atoms with van der Waals surface area (Å²) in [6.07, 6.45) is -0.0782. The molecule has 0 fully saturated rings. The molecule has 1 aromatic carbocycles. The molecular formula is C13H13N3O3. The monoisotopic (exact) mass is 259 g/mol. The Hall–Kier alpha value is -2.63. The zero-order valence-corrected chi connectivity index (χ0v) is 10.3. The number of nitrogens with zero attached hydrogens (tertiary/aromatic N) is 1. The molecule has 0 atom stereocenters. The van der Waals surface area contributed by atoms with Gasteiger partial charge in [0.25, 0.3) is 5.91 Å². The van der Waals surface area contributed by atoms with Gasteiger partial charge in [-0.15, -0.1) is 0 Å². The molecule has 2 aromatic rings. The number of carboxylic acids is 1. The van der Waals surface area contributed by atoms with Crippen molar-refractivity contribution in [2.75, 3.05) is 5.32 Å². The summed E-state index contributed by atoms with van der Waals surface area (Å²) in [6.45, 7) is 1.80. The molecule has 6 heteroatoms. The first-order valence-electron chi connectivity index (χ1n) is 5.68. The Kier molecular flexibility index (Phi) is 3.61. The number of carboxylic acid groups (broad SMARTS) is 1. The first-order chi connectivity index (χ1) is 9.04. The lowest BCUT2D eigenvalue weighted by Gasteiger charge is -2.04. The summed E-state index contributed by atoms with van der Waals surface area (Å²) in [5.74, 6) is -1.25. The molecule has 2 rings (SSSR count). The van der Waals surface area contributed by atoms with E-state index in [-0.39, 0.29) is 12.3 Å². The smallest absolute Gasteiger partial charge is 0.307 e. The lowest BCUT2D eigenvalue weighted by molar-refractivity contribution is -0.136. The van der Waals surface area contributed by atoms with E-state index in [1.807, 2.05) is 0 Å². The molecule has 0 aliphatic carbocycles. The van der Waals surface area contributed by atoms with Gasteiger partial charge in [-0.3, -0.25) is 14.7 Å². The van der Waals surface area contributed by atoms with Crippen LogP contribution in [0.1, 0.15) is 21.7 Å². The number of carbonyl (C=O) groups is 2. The summed E-state index contributed by atoms with van der Waals surface area (Å²) in [5.41, 5.74) is 2.26. The van der Waals surface area contributed by atoms with E-state index in [1.54, 1.807) is 37.3 Å². The number of H-pyrrole nitrogens is 1. The second-order valence-electron chi connectivity index (χ2n) is 4.16. The van der Waals surface area contributed by atoms with Gasteiger partial charge in [-0.2, -0.15) is 5.10 Å². The molecule has 0 unspecified atom stereocenters. The fourth-order valence-electron chi connectivity index (χ4n) is 1.66. The van der Waals surface area contributed by atoms with Crippen LogP contribution >= 0.6 is 0 Å². The number of amides is 1. The maximum Gasteiger partial charge on any atom is 0.307 e. The minimum Gasteiger partial charge on any atom is -0.481 e. The molecule has 0 aliphatic heterocycles. The van der Waals surface area contributed by atoms with Crippen LogP contribution in [-0.2, 0) is 11.2 Å². The SMILES string of the molecule is Cc1cc(C(=O)Nc2cccc(CC(=O)O)c2)n[nH]1. The second-order valence-corrected chi connectivity index (χ2v) is 4.16. The molecule has 0 aliphatic rings. The van der Waals surface area contributed by atoms with Gasteiger partial charge in [0.15, 0.2) is 5.69 Å². The summed E-state index contributed by atoms with van der Waals surface area (Å²) < 4.78 is 0. The summed E-state index contributed by atoms with van der Waals surface area (Å²) in [5, 5.41) is 17.9. The highest BCUT2D eigenvalue weighted by molar-refractivity contribution is 6.02. The number of aromatic nitrogens is 2. The lowest BCUT2D eigenvalue weighted by Crippen LogP contribution is -2.12. The molecule has 1 heterocycles. The fourth-order valence-corrected chi connectivity index (χ4v) is 1.66. The van der Waals surface area contributed by atoms with Crippen molar-refractivity contribution in [3.63, 3.8) is 0 Å². The predicted octanol–water partition coefficient (Wildman–Crippen LogP) is 1.60. The number of nitrogens with one attached hydrogen (secondary N) is 2. The van der Waals surface area contributed by atoms with Crippen molar-refractivity contribution >= 4 is 17.6 Å². The summed E-state index contributed by atoms with van der Waals surface area (Å²) in [6, 6.07) is 8.36. The standard InChI is InChI=1S/C13H13N3O3/c1-8-5-11(16-15-8)13(19)14-10-4-2-3-9(6-10)7-12(17)18/h2-6H,7H2,1H3,(H,14,19)(H,15,16)(H,17,18). The number of carbonyl (C=O) groups excluding carboxylic acids is 1. The molecule has 19 heavy (non-hydrogen) atoms. The van der Waals surface area contributed by atoms with Crippen molar-refractivity contribution in [2.45, 2.75) is 13.3 Å². The van der Waals surface area contributed by atoms with Crippen LogP contribution in [0.2, 0.25) is 0 Å². The Balaban J connectivity index is 2.10. The van der Waals surface area contributed by atoms with Crippen LogP contribution in [0.15, 0.2) is 30.3 Å². The highest BCUT2D eigenvalue weighted by atomic mass is 16.4. The molecular weight excluding hydrogens is 246 g/mol. The van der Waals surface area contributed by atoms with E-state index < -0.39 is 5.97 Å². The quantitative estimate of drug-likeness (QED) is 0.777. The second kappa shape index (κ2) is 5.34. The van der Waals surface area contributed by atoms with Gasteiger partial charge in [0, 0.05) is 11.4 Å². The van der Waals surface area contributed by atoms with Gasteiger partial charge >= 0.3 is 5.97 Å². The molecule has 0 spiro atoms. The number of anilines is 1. The van der Waals surface area contributed by atoms with Crippen molar-refractivity contribution in [2.24, 2.45) is 0 Å². The number of benzene rings is 1. The van der Waals surface area contributed by atoms with Gasteiger partial charge in [-0.05, 0) is 30.7 Å². The van der Waals surface area contributed by atoms with Crippen molar-refractivity contribution < 1.29 is 14.7 Å². The first kappa shape index (κ1) is 12.8. The third kappa shape index (κ3) is 3.41. The molecule has 0 saturated heterocycles. The number of aromatic amines is 1. The zero-order chi connectivity index (χ0) is 13.8. The minimum absolute atomic E-state index is 0.0782. The van der Waals surface area contributed by atoms with Crippen molar-refractivity contribution in [1.82, 2.24) is 10.2 Å². The normalized spacial score (nSPS) is 10.2. The van der Waals surface area contributed by atoms with Crippen LogP contribution in [0.25, 0.3) is 0 Å². The van der Waals surface area contributed by atoms with Crippen LogP contribution in [0.3, 0.4) is 0 Å². The minimum atomic E-state index is -0.911. The van der Waals surface area contributed by atoms with Crippen LogP contribution in [0.5, 0.6) is 0 Å². The topological polar surface area (TPSA) is 95.1 Å². The van der Waals surface area contributed by atoms with E-state index in [0.717, 1.165) is 5.69 Å². The number of aliphatic carboxylic acids is 1. The molecule has 0 bridgehead atoms. The zero-order valence-electron chi connectivity index (χ0n) is 10.3. The van der Waals surface area contributed by atoms with Gasteiger partial charge < -0.3 is 10.4 Å². The van der Waals surface area contributed by atoms with Crippen molar-refractivity contribution in [3.8, 4) is 0 Å². The van der Waals surface area contributed by atoms with Gasteiger partial charge in [-0.25, -0.2) is 0 Å². The van der Waals surface area contributed by atoms with E-state index in [2.05, 4.69) is 15.5 Å². The number of hydrogen-bond donors (Lipinski definition) is 3. The van der Waals surface area contributed by atoms with Crippen molar-refractivity contribution in [1.29, 1.82) is 0 Å². The Morgan fingerprint density at radius 3 is 2.79 bits per heavy atom. The Morgan fingerprint density at radius 2 is 2.16 bits per heavy atom. The number of aryl methyl sites for hydroxylation is 1. The molecule has 6 nitrogen and oxygen atoms in total. The highest BCUT2D eigenvalue weighted by Crippen LogP contribution is 2.12. The van der Waals surface area contributed by atoms with E-state index in [1.165, 1.54) is 0 Å². The van der Waals surface area contributed by atoms with E-state index >= 15 is 0 Å². The molecule has 1 amide bonds. The largest absolute Gasteiger partial charge is 0.481 e. The van der Waals surface area contributed by atoms with Gasteiger partial charge in [0.1, 0.15) is 0 Å². The fraction of sp³-hybridized carbons (Fsp3) is 0.154. The van der Waals surface area contributed by atoms with Crippen LogP contribution < -0.4 is 5.32 Å². The molecule has 0 saturated carbocycles. The predicted molar refractivity (Wildman–Crippen MR) is 69.1 cm³/mol. The van der Waals surface area contributed by atoms with Crippen molar-refractivity contribution in [3.05, 3.63) is 47.3 Å². The van der Waals surface area contributed by atoms with Gasteiger partial charge in [-0.1, -0.05) is 12.1 Å². The van der Waals surface area contributed by atoms with Gasteiger partial charge in [0.2, 0.25) is 0 Å². The average Bonchev–Trinajstić information content (AvgIpc) is 2.75. The molecule has 98 valence electrons. The summed E-state index contributed by atoms with van der Waals surface area (Å²) >= 11 is 0. The summed E-state index contributed by atoms with van der Waals surface area (Å²) in [7, 11) is 0. The van der Waals surface area contributed by atoms with E-state index in [4.69, 9.17) is 5.11 Å². The number of hydrogen-bond acceptors (Lipinski definition) is 3. The summed E-state index contributed by atoms with van der Waals surface area (Å²) in [4.78, 5) is 22.5. The third-order valence-electron chi connectivity index (χ3n) is 2.48. The van der Waals surface area contributed by atoms with Gasteiger partial charge in [0.05, 0.1) is 6.42 Å². The maximum absolute atomic E-state index is 11.9. The van der Waals surface area contributed by atoms with E-state index in [0.29, 0.717) is 16.9 Å². The first-order valence-corrected chi connectivity index (χ1v) is 5.68. The molecule has 1 aromatic heterocycles. The Labute approximate surface area is 109 Å². The van der Waals surface area contributed by atoms with Crippen LogP contribution in [0.4, 0.5) is 5.69 Å². The average molecular weight is 259 g/mol. The van der Waals surface area contributed by atoms with E-state index in [9.17, 15) is 9.59 Å². The Bertz CT molecular complexity index is 619. The Morgan fingerprint density at radius 1 is 1.37 bits per heavy atom. The number of rotatable bonds is 4. The van der Waals surface area contributed by atoms with Crippen LogP contribution in [-0.4, -0.2) is 27.2 Å². The highest BCUT2D eigenvalue weighted by Gasteiger charge is 2.10. The third-order valence-corrected chi connectivity index (χ3v) is 2.48. The van der Waals surface area contributed by atoms with Crippen LogP contribution in [0, 0.1) is 6.92 Å².